The fourth-order valence-corrected chi connectivity index (χ4v) is 1.12. The van der Waals surface area contributed by atoms with Crippen molar-refractivity contribution in [3.63, 3.8) is 0 Å². The van der Waals surface area contributed by atoms with Crippen molar-refractivity contribution in [2.45, 2.75) is 32.6 Å². The smallest absolute Gasteiger partial charge is 0.317 e. The van der Waals surface area contributed by atoms with Gasteiger partial charge in [-0.05, 0) is 13.8 Å². The summed E-state index contributed by atoms with van der Waals surface area (Å²) in [7, 11) is 0. The third-order valence-corrected chi connectivity index (χ3v) is 1.90. The lowest BCUT2D eigenvalue weighted by Gasteiger charge is -2.41. The molecule has 1 rings (SSSR count). The van der Waals surface area contributed by atoms with E-state index >= 15 is 0 Å². The van der Waals surface area contributed by atoms with Gasteiger partial charge in [0.1, 0.15) is 0 Å². The lowest BCUT2D eigenvalue weighted by atomic mass is 10.1. The van der Waals surface area contributed by atoms with Gasteiger partial charge in [0.05, 0.1) is 6.10 Å². The van der Waals surface area contributed by atoms with E-state index in [1.54, 1.807) is 0 Å². The van der Waals surface area contributed by atoms with E-state index in [1.807, 2.05) is 13.8 Å². The summed E-state index contributed by atoms with van der Waals surface area (Å²) in [6, 6.07) is 0.438. The van der Waals surface area contributed by atoms with Gasteiger partial charge in [-0.1, -0.05) is 0 Å². The van der Waals surface area contributed by atoms with Crippen LogP contribution in [-0.2, 0) is 4.74 Å². The molecule has 0 unspecified atom stereocenters. The quantitative estimate of drug-likeness (QED) is 0.625. The van der Waals surface area contributed by atoms with Gasteiger partial charge in [0, 0.05) is 19.1 Å². The Kier molecular flexibility index (Phi) is 2.78. The molecular formula is C7H13F2NO. The van der Waals surface area contributed by atoms with E-state index in [0.29, 0.717) is 19.1 Å². The largest absolute Gasteiger partial charge is 0.345 e. The van der Waals surface area contributed by atoms with Crippen molar-refractivity contribution >= 4 is 0 Å². The average molecular weight is 165 g/mol. The van der Waals surface area contributed by atoms with E-state index in [9.17, 15) is 8.78 Å². The number of rotatable bonds is 3. The van der Waals surface area contributed by atoms with Crippen LogP contribution in [0.2, 0.25) is 0 Å². The minimum Gasteiger partial charge on any atom is -0.317 e. The van der Waals surface area contributed by atoms with Crippen molar-refractivity contribution in [3.05, 3.63) is 0 Å². The summed E-state index contributed by atoms with van der Waals surface area (Å²) >= 11 is 0. The Morgan fingerprint density at radius 1 is 1.36 bits per heavy atom. The summed E-state index contributed by atoms with van der Waals surface area (Å²) < 4.78 is 27.5. The summed E-state index contributed by atoms with van der Waals surface area (Å²) in [6.07, 6.45) is -0.252. The minimum absolute atomic E-state index is 0.252. The SMILES string of the molecule is CC(C)N1CC(OC(F)F)C1. The van der Waals surface area contributed by atoms with Crippen molar-refractivity contribution in [1.82, 2.24) is 4.90 Å². The van der Waals surface area contributed by atoms with Gasteiger partial charge in [0.2, 0.25) is 0 Å². The van der Waals surface area contributed by atoms with Gasteiger partial charge in [-0.15, -0.1) is 0 Å². The molecule has 1 aliphatic heterocycles. The van der Waals surface area contributed by atoms with Gasteiger partial charge in [-0.25, -0.2) is 0 Å². The predicted molar refractivity (Wildman–Crippen MR) is 37.6 cm³/mol. The zero-order valence-corrected chi connectivity index (χ0v) is 6.76. The van der Waals surface area contributed by atoms with E-state index in [0.717, 1.165) is 0 Å². The summed E-state index contributed by atoms with van der Waals surface area (Å²) in [5.41, 5.74) is 0. The Morgan fingerprint density at radius 2 is 1.91 bits per heavy atom. The summed E-state index contributed by atoms with van der Waals surface area (Å²) in [4.78, 5) is 2.09. The Morgan fingerprint density at radius 3 is 2.27 bits per heavy atom. The predicted octanol–water partition coefficient (Wildman–Crippen LogP) is 1.32. The molecule has 0 aromatic heterocycles. The van der Waals surface area contributed by atoms with Crippen LogP contribution in [0.25, 0.3) is 0 Å². The van der Waals surface area contributed by atoms with Crippen LogP contribution in [0.4, 0.5) is 8.78 Å². The topological polar surface area (TPSA) is 12.5 Å². The lowest BCUT2D eigenvalue weighted by molar-refractivity contribution is -0.199. The number of likely N-dealkylation sites (tertiary alicyclic amines) is 1. The number of ether oxygens (including phenoxy) is 1. The Balaban J connectivity index is 2.09. The third kappa shape index (κ3) is 2.38. The molecule has 11 heavy (non-hydrogen) atoms. The monoisotopic (exact) mass is 165 g/mol. The van der Waals surface area contributed by atoms with Gasteiger partial charge < -0.3 is 4.74 Å². The molecule has 0 saturated carbocycles. The Labute approximate surface area is 65.1 Å². The zero-order chi connectivity index (χ0) is 8.43. The van der Waals surface area contributed by atoms with Crippen LogP contribution in [0.1, 0.15) is 13.8 Å². The maximum absolute atomic E-state index is 11.6. The standard InChI is InChI=1S/C7H13F2NO/c1-5(2)10-3-6(4-10)11-7(8)9/h5-7H,3-4H2,1-2H3. The lowest BCUT2D eigenvalue weighted by Crippen LogP contribution is -2.55. The molecule has 1 fully saturated rings. The molecule has 1 saturated heterocycles. The molecular weight excluding hydrogens is 152 g/mol. The van der Waals surface area contributed by atoms with E-state index in [-0.39, 0.29) is 6.10 Å². The first kappa shape index (κ1) is 8.87. The van der Waals surface area contributed by atoms with Crippen LogP contribution in [0, 0.1) is 0 Å². The first-order valence-electron chi connectivity index (χ1n) is 3.77. The fourth-order valence-electron chi connectivity index (χ4n) is 1.12. The molecule has 0 aromatic carbocycles. The maximum atomic E-state index is 11.6. The van der Waals surface area contributed by atoms with Crippen LogP contribution < -0.4 is 0 Å². The van der Waals surface area contributed by atoms with Crippen LogP contribution >= 0.6 is 0 Å². The molecule has 4 heteroatoms. The number of halogens is 2. The van der Waals surface area contributed by atoms with Gasteiger partial charge in [0.15, 0.2) is 0 Å². The van der Waals surface area contributed by atoms with Gasteiger partial charge in [0.25, 0.3) is 0 Å². The summed E-state index contributed by atoms with van der Waals surface area (Å²) in [5, 5.41) is 0. The molecule has 0 amide bonds. The number of hydrogen-bond acceptors (Lipinski definition) is 2. The highest BCUT2D eigenvalue weighted by molar-refractivity contribution is 4.82. The fraction of sp³-hybridized carbons (Fsp3) is 1.00. The summed E-state index contributed by atoms with van der Waals surface area (Å²) in [5.74, 6) is 0. The van der Waals surface area contributed by atoms with Crippen molar-refractivity contribution in [2.24, 2.45) is 0 Å². The van der Waals surface area contributed by atoms with Crippen molar-refractivity contribution in [3.8, 4) is 0 Å². The van der Waals surface area contributed by atoms with E-state index in [2.05, 4.69) is 9.64 Å². The number of hydrogen-bond donors (Lipinski definition) is 0. The maximum Gasteiger partial charge on any atom is 0.345 e. The van der Waals surface area contributed by atoms with Crippen molar-refractivity contribution in [2.75, 3.05) is 13.1 Å². The summed E-state index contributed by atoms with van der Waals surface area (Å²) in [6.45, 7) is 2.75. The average Bonchev–Trinajstić information content (AvgIpc) is 1.75. The molecule has 1 heterocycles. The molecule has 0 N–H and O–H groups in total. The van der Waals surface area contributed by atoms with Crippen molar-refractivity contribution < 1.29 is 13.5 Å². The van der Waals surface area contributed by atoms with Crippen LogP contribution in [-0.4, -0.2) is 36.7 Å². The Hall–Kier alpha value is -0.220. The third-order valence-electron chi connectivity index (χ3n) is 1.90. The second kappa shape index (κ2) is 3.45. The Bertz CT molecular complexity index is 124. The van der Waals surface area contributed by atoms with Gasteiger partial charge >= 0.3 is 6.61 Å². The molecule has 0 aromatic rings. The highest BCUT2D eigenvalue weighted by Gasteiger charge is 2.30. The van der Waals surface area contributed by atoms with Crippen LogP contribution in [0.3, 0.4) is 0 Å². The highest BCUT2D eigenvalue weighted by Crippen LogP contribution is 2.16. The normalized spacial score (nSPS) is 21.3. The first-order chi connectivity index (χ1) is 5.09. The highest BCUT2D eigenvalue weighted by atomic mass is 19.3. The van der Waals surface area contributed by atoms with E-state index < -0.39 is 6.61 Å². The van der Waals surface area contributed by atoms with Gasteiger partial charge in [-0.2, -0.15) is 8.78 Å². The molecule has 66 valence electrons. The second-order valence-electron chi connectivity index (χ2n) is 3.07. The molecule has 2 nitrogen and oxygen atoms in total. The van der Waals surface area contributed by atoms with E-state index in [1.165, 1.54) is 0 Å². The van der Waals surface area contributed by atoms with Gasteiger partial charge in [-0.3, -0.25) is 4.90 Å². The van der Waals surface area contributed by atoms with Crippen LogP contribution in [0.5, 0.6) is 0 Å². The number of nitrogens with zero attached hydrogens (tertiary/aromatic N) is 1. The minimum atomic E-state index is -2.62. The molecule has 0 radical (unpaired) electrons. The second-order valence-corrected chi connectivity index (χ2v) is 3.07. The molecule has 0 aliphatic carbocycles. The zero-order valence-electron chi connectivity index (χ0n) is 6.76. The first-order valence-corrected chi connectivity index (χ1v) is 3.77. The molecule has 0 atom stereocenters. The van der Waals surface area contributed by atoms with Crippen LogP contribution in [0.15, 0.2) is 0 Å². The molecule has 0 spiro atoms. The molecule has 1 aliphatic rings. The molecule has 0 bridgehead atoms. The van der Waals surface area contributed by atoms with E-state index in [4.69, 9.17) is 0 Å². The van der Waals surface area contributed by atoms with Crippen molar-refractivity contribution in [1.29, 1.82) is 0 Å². The number of alkyl halides is 2.